The number of carbonyl (C=O) groups excluding carboxylic acids is 1. The molecular formula is C19H12Br2N2O4S. The third kappa shape index (κ3) is 3.96. The number of carbonyl (C=O) groups is 1. The molecule has 0 radical (unpaired) electrons. The highest BCUT2D eigenvalue weighted by molar-refractivity contribution is 9.11. The smallest absolute Gasteiger partial charge is 0.344 e. The van der Waals surface area contributed by atoms with Gasteiger partial charge in [-0.05, 0) is 46.3 Å². The van der Waals surface area contributed by atoms with Crippen LogP contribution in [0.5, 0.6) is 5.75 Å². The first-order valence-electron chi connectivity index (χ1n) is 8.15. The molecule has 28 heavy (non-hydrogen) atoms. The molecule has 2 aromatic heterocycles. The molecule has 4 rings (SSSR count). The van der Waals surface area contributed by atoms with Crippen molar-refractivity contribution in [1.82, 2.24) is 9.38 Å². The largest absolute Gasteiger partial charge is 0.481 e. The van der Waals surface area contributed by atoms with Crippen LogP contribution in [-0.2, 0) is 16.1 Å². The first kappa shape index (κ1) is 19.1. The molecule has 0 saturated heterocycles. The third-order valence-corrected chi connectivity index (χ3v) is 6.00. The summed E-state index contributed by atoms with van der Waals surface area (Å²) >= 11 is 8.13. The van der Waals surface area contributed by atoms with Crippen molar-refractivity contribution in [3.63, 3.8) is 0 Å². The molecule has 0 fully saturated rings. The van der Waals surface area contributed by atoms with E-state index < -0.39 is 5.97 Å². The van der Waals surface area contributed by atoms with Gasteiger partial charge in [-0.3, -0.25) is 9.20 Å². The van der Waals surface area contributed by atoms with Gasteiger partial charge in [-0.25, -0.2) is 9.78 Å². The third-order valence-electron chi connectivity index (χ3n) is 3.87. The Balaban J connectivity index is 1.44. The summed E-state index contributed by atoms with van der Waals surface area (Å²) in [6.07, 6.45) is 0. The SMILES string of the molecule is O=C(COc1ccc(Br)cc1Br)OCc1cc(=O)n2c(n1)sc1ccccc12. The molecule has 0 atom stereocenters. The van der Waals surface area contributed by atoms with E-state index in [0.717, 1.165) is 19.2 Å². The first-order valence-corrected chi connectivity index (χ1v) is 10.6. The van der Waals surface area contributed by atoms with Gasteiger partial charge in [-0.15, -0.1) is 0 Å². The molecule has 0 N–H and O–H groups in total. The molecule has 2 heterocycles. The second-order valence-electron chi connectivity index (χ2n) is 5.80. The minimum Gasteiger partial charge on any atom is -0.481 e. The fourth-order valence-corrected chi connectivity index (χ4v) is 4.83. The van der Waals surface area contributed by atoms with Gasteiger partial charge in [0.2, 0.25) is 0 Å². The minimum atomic E-state index is -0.548. The van der Waals surface area contributed by atoms with E-state index in [9.17, 15) is 9.59 Å². The number of fused-ring (bicyclic) bond motifs is 3. The lowest BCUT2D eigenvalue weighted by Crippen LogP contribution is -2.18. The Morgan fingerprint density at radius 2 is 1.96 bits per heavy atom. The standard InChI is InChI=1S/C19H12Br2N2O4S/c20-11-5-6-15(13(21)7-11)26-10-18(25)27-9-12-8-17(24)23-14-3-1-2-4-16(14)28-19(23)22-12/h1-8H,9-10H2. The van der Waals surface area contributed by atoms with Gasteiger partial charge in [0.25, 0.3) is 5.56 Å². The number of nitrogens with zero attached hydrogens (tertiary/aromatic N) is 2. The molecule has 0 aliphatic rings. The van der Waals surface area contributed by atoms with Crippen molar-refractivity contribution in [3.8, 4) is 5.75 Å². The van der Waals surface area contributed by atoms with E-state index in [1.165, 1.54) is 17.4 Å². The topological polar surface area (TPSA) is 69.9 Å². The van der Waals surface area contributed by atoms with E-state index in [0.29, 0.717) is 16.4 Å². The van der Waals surface area contributed by atoms with Crippen LogP contribution in [0.4, 0.5) is 0 Å². The van der Waals surface area contributed by atoms with E-state index in [1.54, 1.807) is 10.5 Å². The number of hydrogen-bond acceptors (Lipinski definition) is 6. The summed E-state index contributed by atoms with van der Waals surface area (Å²) in [7, 11) is 0. The summed E-state index contributed by atoms with van der Waals surface area (Å²) in [6.45, 7) is -0.339. The summed E-state index contributed by atoms with van der Waals surface area (Å²) in [4.78, 5) is 29.4. The summed E-state index contributed by atoms with van der Waals surface area (Å²) < 4.78 is 14.8. The summed E-state index contributed by atoms with van der Waals surface area (Å²) in [5, 5.41) is 0. The first-order chi connectivity index (χ1) is 13.5. The number of rotatable bonds is 5. The van der Waals surface area contributed by atoms with Gasteiger partial charge in [0, 0.05) is 10.5 Å². The van der Waals surface area contributed by atoms with Crippen LogP contribution in [0.3, 0.4) is 0 Å². The van der Waals surface area contributed by atoms with Crippen molar-refractivity contribution < 1.29 is 14.3 Å². The highest BCUT2D eigenvalue weighted by Crippen LogP contribution is 2.28. The normalized spacial score (nSPS) is 11.1. The molecule has 0 aliphatic heterocycles. The molecule has 0 spiro atoms. The van der Waals surface area contributed by atoms with Gasteiger partial charge >= 0.3 is 5.97 Å². The molecule has 0 unspecified atom stereocenters. The van der Waals surface area contributed by atoms with Gasteiger partial charge in [-0.2, -0.15) is 0 Å². The van der Waals surface area contributed by atoms with Crippen LogP contribution in [0.2, 0.25) is 0 Å². The number of thiazole rings is 1. The van der Waals surface area contributed by atoms with Crippen LogP contribution in [0.15, 0.2) is 62.3 Å². The van der Waals surface area contributed by atoms with Crippen LogP contribution >= 0.6 is 43.2 Å². The van der Waals surface area contributed by atoms with E-state index in [-0.39, 0.29) is 18.8 Å². The average Bonchev–Trinajstić information content (AvgIpc) is 3.04. The molecular weight excluding hydrogens is 512 g/mol. The lowest BCUT2D eigenvalue weighted by molar-refractivity contribution is -0.147. The van der Waals surface area contributed by atoms with Crippen LogP contribution in [0.25, 0.3) is 15.2 Å². The number of hydrogen-bond donors (Lipinski definition) is 0. The summed E-state index contributed by atoms with van der Waals surface area (Å²) in [5.74, 6) is -0.0172. The fourth-order valence-electron chi connectivity index (χ4n) is 2.62. The molecule has 142 valence electrons. The van der Waals surface area contributed by atoms with Crippen LogP contribution < -0.4 is 10.3 Å². The molecule has 0 bridgehead atoms. The highest BCUT2D eigenvalue weighted by Gasteiger charge is 2.12. The monoisotopic (exact) mass is 522 g/mol. The Morgan fingerprint density at radius 3 is 2.79 bits per heavy atom. The molecule has 0 aliphatic carbocycles. The van der Waals surface area contributed by atoms with E-state index in [1.807, 2.05) is 36.4 Å². The van der Waals surface area contributed by atoms with Gasteiger partial charge in [-0.1, -0.05) is 39.4 Å². The second-order valence-corrected chi connectivity index (χ2v) is 8.58. The van der Waals surface area contributed by atoms with Crippen molar-refractivity contribution in [2.45, 2.75) is 6.61 Å². The minimum absolute atomic E-state index is 0.0936. The van der Waals surface area contributed by atoms with Crippen molar-refractivity contribution in [2.24, 2.45) is 0 Å². The van der Waals surface area contributed by atoms with Crippen molar-refractivity contribution >= 4 is 64.3 Å². The zero-order valence-corrected chi connectivity index (χ0v) is 18.2. The molecule has 0 saturated carbocycles. The number of aromatic nitrogens is 2. The molecule has 9 heteroatoms. The maximum absolute atomic E-state index is 12.5. The number of para-hydroxylation sites is 1. The predicted molar refractivity (Wildman–Crippen MR) is 114 cm³/mol. The lowest BCUT2D eigenvalue weighted by Gasteiger charge is -2.08. The van der Waals surface area contributed by atoms with Gasteiger partial charge in [0.05, 0.1) is 20.4 Å². The number of esters is 1. The molecule has 0 amide bonds. The number of benzene rings is 2. The predicted octanol–water partition coefficient (Wildman–Crippen LogP) is 4.56. The number of ether oxygens (including phenoxy) is 2. The van der Waals surface area contributed by atoms with Crippen LogP contribution in [-0.4, -0.2) is 22.0 Å². The molecule has 4 aromatic rings. The van der Waals surface area contributed by atoms with Crippen LogP contribution in [0.1, 0.15) is 5.69 Å². The van der Waals surface area contributed by atoms with Crippen molar-refractivity contribution in [1.29, 1.82) is 0 Å². The maximum atomic E-state index is 12.5. The number of halogens is 2. The summed E-state index contributed by atoms with van der Waals surface area (Å²) in [5.41, 5.74) is 1.01. The van der Waals surface area contributed by atoms with Gasteiger partial charge in [0.1, 0.15) is 12.4 Å². The van der Waals surface area contributed by atoms with Crippen molar-refractivity contribution in [2.75, 3.05) is 6.61 Å². The Hall–Kier alpha value is -2.23. The Morgan fingerprint density at radius 1 is 1.14 bits per heavy atom. The van der Waals surface area contributed by atoms with Crippen molar-refractivity contribution in [3.05, 3.63) is 73.5 Å². The van der Waals surface area contributed by atoms with E-state index >= 15 is 0 Å². The zero-order valence-electron chi connectivity index (χ0n) is 14.2. The molecule has 2 aromatic carbocycles. The van der Waals surface area contributed by atoms with Gasteiger partial charge < -0.3 is 9.47 Å². The second kappa shape index (κ2) is 8.02. The molecule has 6 nitrogen and oxygen atoms in total. The fraction of sp³-hybridized carbons (Fsp3) is 0.105. The van der Waals surface area contributed by atoms with E-state index in [4.69, 9.17) is 9.47 Å². The Kier molecular flexibility index (Phi) is 5.47. The lowest BCUT2D eigenvalue weighted by atomic mass is 10.3. The quantitative estimate of drug-likeness (QED) is 0.359. The zero-order chi connectivity index (χ0) is 19.7. The van der Waals surface area contributed by atoms with Gasteiger partial charge in [0.15, 0.2) is 11.6 Å². The highest BCUT2D eigenvalue weighted by atomic mass is 79.9. The summed E-state index contributed by atoms with van der Waals surface area (Å²) in [6, 6.07) is 14.3. The average molecular weight is 524 g/mol. The maximum Gasteiger partial charge on any atom is 0.344 e. The van der Waals surface area contributed by atoms with E-state index in [2.05, 4.69) is 36.8 Å². The Labute approximate surface area is 180 Å². The van der Waals surface area contributed by atoms with Crippen LogP contribution in [0, 0.1) is 0 Å². The Bertz CT molecular complexity index is 1250.